The molecular weight excluding hydrogens is 794 g/mol. The summed E-state index contributed by atoms with van der Waals surface area (Å²) in [6.45, 7) is 0.886. The number of hydrogen-bond donors (Lipinski definition) is 0. The molecule has 7 aromatic carbocycles. The van der Waals surface area contributed by atoms with Crippen LogP contribution in [0.15, 0.2) is 206 Å². The van der Waals surface area contributed by atoms with Crippen LogP contribution < -0.4 is 26.2 Å². The van der Waals surface area contributed by atoms with Crippen molar-refractivity contribution in [3.05, 3.63) is 212 Å². The molecule has 0 spiro atoms. The van der Waals surface area contributed by atoms with Crippen LogP contribution in [-0.4, -0.2) is 46.1 Å². The maximum Gasteiger partial charge on any atom is 0.122 e. The van der Waals surface area contributed by atoms with Crippen LogP contribution in [0.1, 0.15) is 12.0 Å². The van der Waals surface area contributed by atoms with Crippen LogP contribution in [-0.2, 0) is 6.42 Å². The van der Waals surface area contributed by atoms with Gasteiger partial charge in [-0.05, 0) is 24.5 Å². The fourth-order valence-electron chi connectivity index (χ4n) is 6.32. The predicted molar refractivity (Wildman–Crippen MR) is 211 cm³/mol. The van der Waals surface area contributed by atoms with Gasteiger partial charge in [0.05, 0.1) is 6.61 Å². The minimum absolute atomic E-state index is 0.886. The molecule has 7 aromatic rings. The minimum Gasteiger partial charge on any atom is -0.493 e. The van der Waals surface area contributed by atoms with Crippen molar-refractivity contribution in [3.63, 3.8) is 0 Å². The third kappa shape index (κ3) is 9.52. The van der Waals surface area contributed by atoms with Gasteiger partial charge in [-0.1, -0.05) is 18.2 Å². The Morgan fingerprint density at radius 2 is 0.583 bits per heavy atom. The average molecular weight is 836 g/mol. The molecule has 3 heteroatoms. The normalized spacial score (nSPS) is 11.6. The maximum absolute atomic E-state index is 5.42. The van der Waals surface area contributed by atoms with Gasteiger partial charge in [0.1, 0.15) is 5.75 Å². The first-order valence-corrected chi connectivity index (χ1v) is 26.8. The Labute approximate surface area is 300 Å². The second-order valence-electron chi connectivity index (χ2n) is 11.9. The summed E-state index contributed by atoms with van der Waals surface area (Å²) in [7, 11) is 0. The molecule has 1 aliphatic heterocycles. The number of aryl methyl sites for hydroxylation is 1. The average Bonchev–Trinajstić information content (AvgIpc) is 3.18. The van der Waals surface area contributed by atoms with Crippen molar-refractivity contribution in [2.24, 2.45) is 0 Å². The summed E-state index contributed by atoms with van der Waals surface area (Å²) in [6.07, 6.45) is 2.34. The number of para-hydroxylation sites is 1. The van der Waals surface area contributed by atoms with E-state index in [0.29, 0.717) is 0 Å². The van der Waals surface area contributed by atoms with Gasteiger partial charge in [0.15, 0.2) is 0 Å². The molecule has 0 fully saturated rings. The quantitative estimate of drug-likeness (QED) is 0.191. The van der Waals surface area contributed by atoms with E-state index < -0.39 is 39.5 Å². The second-order valence-corrected chi connectivity index (χ2v) is 28.2. The Hall–Kier alpha value is -4.06. The van der Waals surface area contributed by atoms with Crippen LogP contribution in [0.3, 0.4) is 0 Å². The van der Waals surface area contributed by atoms with Gasteiger partial charge in [-0.3, -0.25) is 0 Å². The third-order valence-corrected chi connectivity index (χ3v) is 26.6. The molecule has 0 saturated carbocycles. The number of fused-ring (bicyclic) bond motifs is 1. The molecule has 0 aromatic heterocycles. The number of benzene rings is 7. The van der Waals surface area contributed by atoms with E-state index in [1.807, 2.05) is 12.1 Å². The van der Waals surface area contributed by atoms with Gasteiger partial charge in [0.2, 0.25) is 0 Å². The topological polar surface area (TPSA) is 9.23 Å². The minimum atomic E-state index is -2.14. The second kappa shape index (κ2) is 18.5. The van der Waals surface area contributed by atoms with E-state index in [9.17, 15) is 0 Å². The number of rotatable bonds is 6. The van der Waals surface area contributed by atoms with Gasteiger partial charge in [-0.15, -0.1) is 0 Å². The van der Waals surface area contributed by atoms with Crippen molar-refractivity contribution in [3.8, 4) is 5.75 Å². The Kier molecular flexibility index (Phi) is 13.0. The molecule has 1 aliphatic rings. The fraction of sp³-hybridized carbons (Fsp3) is 0.0667. The zero-order valence-corrected chi connectivity index (χ0v) is 33.9. The molecule has 0 amide bonds. The summed E-state index contributed by atoms with van der Waals surface area (Å²) < 4.78 is 14.7. The van der Waals surface area contributed by atoms with Gasteiger partial charge in [0, 0.05) is 0 Å². The molecule has 0 unspecified atom stereocenters. The van der Waals surface area contributed by atoms with Crippen LogP contribution in [0.2, 0.25) is 0 Å². The summed E-state index contributed by atoms with van der Waals surface area (Å²) in [4.78, 5) is 0. The third-order valence-electron chi connectivity index (χ3n) is 8.62. The van der Waals surface area contributed by atoms with Crippen LogP contribution in [0.5, 0.6) is 5.75 Å². The van der Waals surface area contributed by atoms with Crippen LogP contribution in [0.4, 0.5) is 0 Å². The van der Waals surface area contributed by atoms with Gasteiger partial charge in [0.25, 0.3) is 0 Å². The van der Waals surface area contributed by atoms with Crippen molar-refractivity contribution < 1.29 is 4.74 Å². The zero-order valence-electron chi connectivity index (χ0n) is 27.3. The summed E-state index contributed by atoms with van der Waals surface area (Å²) >= 11 is -4.27. The fourth-order valence-corrected chi connectivity index (χ4v) is 23.3. The zero-order chi connectivity index (χ0) is 32.6. The molecule has 0 aliphatic carbocycles. The molecule has 0 saturated heterocycles. The van der Waals surface area contributed by atoms with Crippen LogP contribution >= 0.6 is 0 Å². The first-order valence-electron chi connectivity index (χ1n) is 16.9. The van der Waals surface area contributed by atoms with Crippen molar-refractivity contribution >= 4 is 61.0 Å². The molecule has 0 atom stereocenters. The largest absolute Gasteiger partial charge is 0.493 e. The molecule has 236 valence electrons. The van der Waals surface area contributed by atoms with E-state index in [1.54, 1.807) is 21.5 Å². The van der Waals surface area contributed by atoms with Gasteiger partial charge in [-0.25, -0.2) is 0 Å². The molecule has 0 N–H and O–H groups in total. The Balaban J connectivity index is 0.000000132. The molecule has 1 heterocycles. The summed E-state index contributed by atoms with van der Waals surface area (Å²) in [5.41, 5.74) is 1.36. The predicted octanol–water partition coefficient (Wildman–Crippen LogP) is 5.88. The van der Waals surface area contributed by atoms with Crippen molar-refractivity contribution in [1.82, 2.24) is 0 Å². The van der Waals surface area contributed by atoms with Crippen LogP contribution in [0, 0.1) is 0 Å². The standard InChI is InChI=1S/C9H10O.6C6H5.2Sn.2H/c1-2-6-9-8(4-1)5-3-7-10-9;6*1-2-4-6-5-3-1;;;;/h1-2,4,6H,3,5,7H2;6*1-5H;;;;. The summed E-state index contributed by atoms with van der Waals surface area (Å²) in [6, 6.07) is 74.3. The monoisotopic (exact) mass is 838 g/mol. The van der Waals surface area contributed by atoms with E-state index in [0.717, 1.165) is 18.8 Å². The molecule has 1 nitrogen and oxygen atoms in total. The molecule has 8 rings (SSSR count). The number of hydrogen-bond acceptors (Lipinski definition) is 1. The molecular formula is C45H42OSn2. The SMILES string of the molecule is c1cc[c]([SnH]([c]2ccccc2)[c]2ccccc2)cc1.c1cc[c]([SnH]([c]2ccccc2)[c]2ccccc2)cc1.c1ccc2c(c1)CCCO2. The smallest absolute Gasteiger partial charge is 0.122 e. The Morgan fingerprint density at radius 1 is 0.312 bits per heavy atom. The molecule has 0 bridgehead atoms. The first kappa shape index (κ1) is 33.8. The van der Waals surface area contributed by atoms with E-state index in [-0.39, 0.29) is 0 Å². The summed E-state index contributed by atoms with van der Waals surface area (Å²) in [5.74, 6) is 1.08. The van der Waals surface area contributed by atoms with Gasteiger partial charge < -0.3 is 4.74 Å². The molecule has 0 radical (unpaired) electrons. The van der Waals surface area contributed by atoms with Crippen molar-refractivity contribution in [2.45, 2.75) is 12.8 Å². The van der Waals surface area contributed by atoms with Gasteiger partial charge >= 0.3 is 243 Å². The van der Waals surface area contributed by atoms with Crippen molar-refractivity contribution in [1.29, 1.82) is 0 Å². The first-order chi connectivity index (χ1) is 23.9. The van der Waals surface area contributed by atoms with Gasteiger partial charge in [-0.2, -0.15) is 0 Å². The van der Waals surface area contributed by atoms with E-state index >= 15 is 0 Å². The Bertz CT molecular complexity index is 1570. The molecule has 48 heavy (non-hydrogen) atoms. The van der Waals surface area contributed by atoms with Crippen LogP contribution in [0.25, 0.3) is 0 Å². The number of ether oxygens (including phenoxy) is 1. The van der Waals surface area contributed by atoms with Crippen molar-refractivity contribution in [2.75, 3.05) is 6.61 Å². The van der Waals surface area contributed by atoms with E-state index in [4.69, 9.17) is 4.74 Å². The van der Waals surface area contributed by atoms with E-state index in [2.05, 4.69) is 194 Å². The maximum atomic E-state index is 5.42. The summed E-state index contributed by atoms with van der Waals surface area (Å²) in [5, 5.41) is 0. The Morgan fingerprint density at radius 3 is 0.875 bits per heavy atom. The van der Waals surface area contributed by atoms with E-state index in [1.165, 1.54) is 12.0 Å².